The number of anilines is 1. The fourth-order valence-corrected chi connectivity index (χ4v) is 1.82. The summed E-state index contributed by atoms with van der Waals surface area (Å²) in [6.45, 7) is 1.63. The third-order valence-corrected chi connectivity index (χ3v) is 2.89. The van der Waals surface area contributed by atoms with E-state index in [2.05, 4.69) is 21.2 Å². The Morgan fingerprint density at radius 3 is 2.68 bits per heavy atom. The molecule has 1 aromatic carbocycles. The molecule has 6 nitrogen and oxygen atoms in total. The smallest absolute Gasteiger partial charge is 0.291 e. The maximum Gasteiger partial charge on any atom is 0.291 e. The van der Waals surface area contributed by atoms with E-state index < -0.39 is 10.8 Å². The minimum Gasteiger partial charge on any atom is -0.444 e. The molecule has 1 N–H and O–H groups in total. The number of rotatable bonds is 3. The Hall–Kier alpha value is -2.15. The van der Waals surface area contributed by atoms with Crippen molar-refractivity contribution in [3.63, 3.8) is 0 Å². The van der Waals surface area contributed by atoms with Gasteiger partial charge in [0.15, 0.2) is 10.4 Å². The summed E-state index contributed by atoms with van der Waals surface area (Å²) in [5.74, 6) is -0.348. The number of nitrogens with zero attached hydrogens (tertiary/aromatic N) is 1. The van der Waals surface area contributed by atoms with Crippen LogP contribution >= 0.6 is 15.9 Å². The lowest BCUT2D eigenvalue weighted by Crippen LogP contribution is -2.11. The van der Waals surface area contributed by atoms with Crippen LogP contribution in [-0.4, -0.2) is 10.8 Å². The summed E-state index contributed by atoms with van der Waals surface area (Å²) >= 11 is 3.09. The second-order valence-corrected chi connectivity index (χ2v) is 4.60. The Balaban J connectivity index is 2.22. The molecule has 1 amide bonds. The van der Waals surface area contributed by atoms with Crippen LogP contribution in [0.4, 0.5) is 11.4 Å². The van der Waals surface area contributed by atoms with E-state index in [1.807, 2.05) is 0 Å². The monoisotopic (exact) mass is 324 g/mol. The van der Waals surface area contributed by atoms with Gasteiger partial charge in [-0.05, 0) is 41.1 Å². The average molecular weight is 325 g/mol. The summed E-state index contributed by atoms with van der Waals surface area (Å²) in [7, 11) is 0. The zero-order valence-corrected chi connectivity index (χ0v) is 11.4. The van der Waals surface area contributed by atoms with Gasteiger partial charge in [-0.3, -0.25) is 14.9 Å². The van der Waals surface area contributed by atoms with Crippen molar-refractivity contribution in [2.75, 3.05) is 5.32 Å². The van der Waals surface area contributed by atoms with Crippen molar-refractivity contribution in [1.29, 1.82) is 0 Å². The topological polar surface area (TPSA) is 85.4 Å². The van der Waals surface area contributed by atoms with E-state index in [9.17, 15) is 14.9 Å². The van der Waals surface area contributed by atoms with Crippen molar-refractivity contribution in [3.8, 4) is 0 Å². The van der Waals surface area contributed by atoms with E-state index in [1.54, 1.807) is 25.1 Å². The molecule has 1 aromatic heterocycles. The van der Waals surface area contributed by atoms with Crippen molar-refractivity contribution >= 4 is 33.2 Å². The molecule has 2 rings (SSSR count). The molecule has 0 saturated heterocycles. The number of nitrogens with one attached hydrogen (secondary N) is 1. The Morgan fingerprint density at radius 1 is 1.37 bits per heavy atom. The molecule has 7 heteroatoms. The van der Waals surface area contributed by atoms with Crippen LogP contribution in [0.15, 0.2) is 39.4 Å². The highest BCUT2D eigenvalue weighted by atomic mass is 79.9. The molecular formula is C12H9BrN2O4. The molecule has 0 saturated carbocycles. The first-order valence-corrected chi connectivity index (χ1v) is 6.08. The number of aryl methyl sites for hydroxylation is 1. The molecule has 0 atom stereocenters. The molecule has 0 aliphatic rings. The van der Waals surface area contributed by atoms with Crippen LogP contribution in [0, 0.1) is 17.0 Å². The fraction of sp³-hybridized carbons (Fsp3) is 0.0833. The van der Waals surface area contributed by atoms with Gasteiger partial charge in [0.05, 0.1) is 4.92 Å². The number of benzene rings is 1. The molecule has 0 bridgehead atoms. The van der Waals surface area contributed by atoms with E-state index in [1.165, 1.54) is 12.1 Å². The lowest BCUT2D eigenvalue weighted by molar-refractivity contribution is -0.385. The number of hydrogen-bond acceptors (Lipinski definition) is 4. The summed E-state index contributed by atoms with van der Waals surface area (Å²) in [6, 6.07) is 7.57. The summed E-state index contributed by atoms with van der Waals surface area (Å²) in [4.78, 5) is 22.1. The van der Waals surface area contributed by atoms with Crippen molar-refractivity contribution in [1.82, 2.24) is 0 Å². The van der Waals surface area contributed by atoms with Gasteiger partial charge in [-0.15, -0.1) is 0 Å². The molecule has 0 aliphatic heterocycles. The van der Waals surface area contributed by atoms with Gasteiger partial charge in [0.1, 0.15) is 0 Å². The summed E-state index contributed by atoms with van der Waals surface area (Å²) in [5, 5.41) is 13.3. The molecule has 0 fully saturated rings. The zero-order chi connectivity index (χ0) is 14.0. The minimum absolute atomic E-state index is 0.0431. The third kappa shape index (κ3) is 3.00. The van der Waals surface area contributed by atoms with Crippen LogP contribution in [0.5, 0.6) is 0 Å². The Bertz CT molecular complexity index is 651. The quantitative estimate of drug-likeness (QED) is 0.691. The van der Waals surface area contributed by atoms with Gasteiger partial charge in [-0.1, -0.05) is 6.07 Å². The maximum absolute atomic E-state index is 11.8. The average Bonchev–Trinajstić information content (AvgIpc) is 2.78. The summed E-state index contributed by atoms with van der Waals surface area (Å²) in [5.41, 5.74) is 0.831. The van der Waals surface area contributed by atoms with Crippen LogP contribution in [-0.2, 0) is 0 Å². The number of halogens is 1. The van der Waals surface area contributed by atoms with Crippen LogP contribution in [0.25, 0.3) is 0 Å². The summed E-state index contributed by atoms with van der Waals surface area (Å²) < 4.78 is 5.53. The summed E-state index contributed by atoms with van der Waals surface area (Å²) in [6.07, 6.45) is 0. The Kier molecular flexibility index (Phi) is 3.66. The largest absolute Gasteiger partial charge is 0.444 e. The maximum atomic E-state index is 11.8. The lowest BCUT2D eigenvalue weighted by Gasteiger charge is -2.04. The molecular weight excluding hydrogens is 316 g/mol. The lowest BCUT2D eigenvalue weighted by atomic mass is 10.2. The SMILES string of the molecule is Cc1ccc(NC(=O)c2ccc(Br)o2)cc1[N+](=O)[O-]. The molecule has 2 aromatic rings. The Labute approximate surface area is 116 Å². The number of carbonyl (C=O) groups is 1. The second kappa shape index (κ2) is 5.23. The fourth-order valence-electron chi connectivity index (χ4n) is 1.51. The first kappa shape index (κ1) is 13.3. The van der Waals surface area contributed by atoms with Gasteiger partial charge in [0.25, 0.3) is 11.6 Å². The molecule has 0 aliphatic carbocycles. The predicted molar refractivity (Wildman–Crippen MR) is 72.2 cm³/mol. The van der Waals surface area contributed by atoms with Crippen molar-refractivity contribution in [2.24, 2.45) is 0 Å². The van der Waals surface area contributed by atoms with Crippen LogP contribution < -0.4 is 5.32 Å². The molecule has 1 heterocycles. The number of hydrogen-bond donors (Lipinski definition) is 1. The molecule has 0 radical (unpaired) electrons. The van der Waals surface area contributed by atoms with E-state index in [0.717, 1.165) is 0 Å². The first-order valence-electron chi connectivity index (χ1n) is 5.29. The molecule has 98 valence electrons. The zero-order valence-electron chi connectivity index (χ0n) is 9.84. The standard InChI is InChI=1S/C12H9BrN2O4/c1-7-2-3-8(6-9(7)15(17)18)14-12(16)10-4-5-11(13)19-10/h2-6H,1H3,(H,14,16). The highest BCUT2D eigenvalue weighted by Gasteiger charge is 2.14. The number of carbonyl (C=O) groups excluding carboxylic acids is 1. The number of amides is 1. The highest BCUT2D eigenvalue weighted by molar-refractivity contribution is 9.10. The highest BCUT2D eigenvalue weighted by Crippen LogP contribution is 2.23. The van der Waals surface area contributed by atoms with Crippen LogP contribution in [0.2, 0.25) is 0 Å². The van der Waals surface area contributed by atoms with Crippen LogP contribution in [0.3, 0.4) is 0 Å². The number of nitro groups is 1. The van der Waals surface area contributed by atoms with Gasteiger partial charge in [0, 0.05) is 17.3 Å². The predicted octanol–water partition coefficient (Wildman–Crippen LogP) is 3.51. The van der Waals surface area contributed by atoms with E-state index in [-0.39, 0.29) is 11.4 Å². The van der Waals surface area contributed by atoms with Gasteiger partial charge in [0.2, 0.25) is 0 Å². The molecule has 0 spiro atoms. The molecule has 19 heavy (non-hydrogen) atoms. The van der Waals surface area contributed by atoms with Crippen molar-refractivity contribution in [2.45, 2.75) is 6.92 Å². The van der Waals surface area contributed by atoms with Gasteiger partial charge in [-0.25, -0.2) is 0 Å². The van der Waals surface area contributed by atoms with E-state index >= 15 is 0 Å². The van der Waals surface area contributed by atoms with Gasteiger partial charge >= 0.3 is 0 Å². The van der Waals surface area contributed by atoms with Gasteiger partial charge in [-0.2, -0.15) is 0 Å². The number of furan rings is 1. The van der Waals surface area contributed by atoms with E-state index in [4.69, 9.17) is 4.42 Å². The second-order valence-electron chi connectivity index (χ2n) is 3.82. The Morgan fingerprint density at radius 2 is 2.11 bits per heavy atom. The first-order chi connectivity index (χ1) is 8.97. The number of nitro benzene ring substituents is 1. The van der Waals surface area contributed by atoms with Crippen molar-refractivity contribution < 1.29 is 14.1 Å². The third-order valence-electron chi connectivity index (χ3n) is 2.46. The normalized spacial score (nSPS) is 10.2. The van der Waals surface area contributed by atoms with Crippen LogP contribution in [0.1, 0.15) is 16.1 Å². The van der Waals surface area contributed by atoms with E-state index in [0.29, 0.717) is 15.9 Å². The van der Waals surface area contributed by atoms with Gasteiger partial charge < -0.3 is 9.73 Å². The molecule has 0 unspecified atom stereocenters. The minimum atomic E-state index is -0.492. The van der Waals surface area contributed by atoms with Crippen molar-refractivity contribution in [3.05, 3.63) is 56.4 Å².